The Morgan fingerprint density at radius 3 is 1.38 bits per heavy atom. The number of carbonyl (C=O) groups excluding carboxylic acids is 1. The van der Waals surface area contributed by atoms with Gasteiger partial charge in [0.05, 0.1) is 10.3 Å². The zero-order chi connectivity index (χ0) is 32.1. The fourth-order valence-corrected chi connectivity index (χ4v) is 7.41. The number of ether oxygens (including phenoxy) is 1. The van der Waals surface area contributed by atoms with Gasteiger partial charge in [-0.05, 0) is 71.9 Å². The molecule has 42 heavy (non-hydrogen) atoms. The predicted octanol–water partition coefficient (Wildman–Crippen LogP) is 11.0. The Kier molecular flexibility index (Phi) is 9.48. The van der Waals surface area contributed by atoms with Crippen LogP contribution in [0.25, 0.3) is 0 Å². The van der Waals surface area contributed by atoms with E-state index in [4.69, 9.17) is 9.15 Å². The van der Waals surface area contributed by atoms with Crippen molar-refractivity contribution in [1.29, 1.82) is 0 Å². The van der Waals surface area contributed by atoms with Crippen LogP contribution in [-0.2, 0) is 21.7 Å². The van der Waals surface area contributed by atoms with Crippen LogP contribution >= 0.6 is 23.5 Å². The number of esters is 1. The number of phenolic OH excluding ortho intramolecular Hbond substituents is 1. The Hall–Kier alpha value is -2.31. The molecule has 4 nitrogen and oxygen atoms in total. The molecule has 0 aliphatic heterocycles. The van der Waals surface area contributed by atoms with Crippen molar-refractivity contribution in [3.63, 3.8) is 0 Å². The van der Waals surface area contributed by atoms with E-state index >= 15 is 0 Å². The highest BCUT2D eigenvalue weighted by atomic mass is 32.2. The van der Waals surface area contributed by atoms with Crippen LogP contribution in [0, 0.1) is 0 Å². The molecule has 3 rings (SSSR count). The first-order valence-corrected chi connectivity index (χ1v) is 16.2. The zero-order valence-electron chi connectivity index (χ0n) is 28.0. The Labute approximate surface area is 262 Å². The third-order valence-electron chi connectivity index (χ3n) is 7.02. The summed E-state index contributed by atoms with van der Waals surface area (Å²) in [4.78, 5) is 15.3. The molecule has 0 bridgehead atoms. The molecule has 230 valence electrons. The van der Waals surface area contributed by atoms with Crippen LogP contribution in [0.5, 0.6) is 11.5 Å². The lowest BCUT2D eigenvalue weighted by Gasteiger charge is -2.32. The van der Waals surface area contributed by atoms with E-state index in [1.165, 1.54) is 6.26 Å². The van der Waals surface area contributed by atoms with Crippen LogP contribution in [0.1, 0.15) is 130 Å². The van der Waals surface area contributed by atoms with Gasteiger partial charge < -0.3 is 14.3 Å². The second-order valence-corrected chi connectivity index (χ2v) is 19.3. The number of aromatic hydroxyl groups is 1. The third-order valence-corrected chi connectivity index (χ3v) is 9.45. The van der Waals surface area contributed by atoms with E-state index < -0.39 is 5.97 Å². The smallest absolute Gasteiger partial charge is 0.379 e. The Morgan fingerprint density at radius 1 is 0.667 bits per heavy atom. The van der Waals surface area contributed by atoms with Gasteiger partial charge in [-0.15, -0.1) is 23.5 Å². The van der Waals surface area contributed by atoms with Gasteiger partial charge in [0.2, 0.25) is 5.76 Å². The first-order chi connectivity index (χ1) is 18.9. The van der Waals surface area contributed by atoms with Crippen LogP contribution in [0.3, 0.4) is 0 Å². The fourth-order valence-electron chi connectivity index (χ4n) is 4.82. The highest BCUT2D eigenvalue weighted by molar-refractivity contribution is 8.18. The molecule has 1 aromatic heterocycles. The normalized spacial score (nSPS) is 13.4. The van der Waals surface area contributed by atoms with Gasteiger partial charge in [-0.3, -0.25) is 0 Å². The molecule has 0 amide bonds. The maximum absolute atomic E-state index is 13.0. The van der Waals surface area contributed by atoms with Gasteiger partial charge in [0.1, 0.15) is 11.5 Å². The third kappa shape index (κ3) is 8.19. The molecule has 0 saturated heterocycles. The van der Waals surface area contributed by atoms with Crippen LogP contribution in [0.4, 0.5) is 0 Å². The summed E-state index contributed by atoms with van der Waals surface area (Å²) in [5.74, 6) is 0.691. The highest BCUT2D eigenvalue weighted by Gasteiger charge is 2.33. The van der Waals surface area contributed by atoms with Crippen molar-refractivity contribution in [1.82, 2.24) is 0 Å². The molecule has 0 atom stereocenters. The molecular formula is C36H50O4S2. The van der Waals surface area contributed by atoms with Gasteiger partial charge in [0.15, 0.2) is 0 Å². The molecular weight excluding hydrogens is 561 g/mol. The van der Waals surface area contributed by atoms with Crippen LogP contribution in [-0.4, -0.2) is 15.2 Å². The maximum atomic E-state index is 13.0. The Balaban J connectivity index is 2.09. The van der Waals surface area contributed by atoms with Crippen molar-refractivity contribution in [2.75, 3.05) is 0 Å². The number of benzene rings is 2. The number of furan rings is 1. The van der Waals surface area contributed by atoms with Gasteiger partial charge in [0, 0.05) is 32.0 Å². The molecule has 0 unspecified atom stereocenters. The molecule has 0 aliphatic carbocycles. The molecule has 1 N–H and O–H groups in total. The highest BCUT2D eigenvalue weighted by Crippen LogP contribution is 2.51. The van der Waals surface area contributed by atoms with E-state index in [1.807, 2.05) is 0 Å². The molecule has 0 radical (unpaired) electrons. The number of carbonyl (C=O) groups is 1. The summed E-state index contributed by atoms with van der Waals surface area (Å²) in [6.45, 7) is 30.2. The lowest BCUT2D eigenvalue weighted by Crippen LogP contribution is -2.22. The Morgan fingerprint density at radius 2 is 1.05 bits per heavy atom. The van der Waals surface area contributed by atoms with Gasteiger partial charge >= 0.3 is 5.97 Å². The van der Waals surface area contributed by atoms with Crippen molar-refractivity contribution in [3.05, 3.63) is 70.7 Å². The van der Waals surface area contributed by atoms with Crippen LogP contribution in [0.2, 0.25) is 0 Å². The number of hydrogen-bond donors (Lipinski definition) is 1. The largest absolute Gasteiger partial charge is 0.507 e. The molecule has 0 spiro atoms. The van der Waals surface area contributed by atoms with Crippen molar-refractivity contribution in [2.24, 2.45) is 0 Å². The van der Waals surface area contributed by atoms with E-state index in [0.29, 0.717) is 11.5 Å². The van der Waals surface area contributed by atoms with Crippen molar-refractivity contribution >= 4 is 29.5 Å². The monoisotopic (exact) mass is 610 g/mol. The molecule has 0 aliphatic rings. The van der Waals surface area contributed by atoms with Gasteiger partial charge in [-0.25, -0.2) is 4.79 Å². The minimum atomic E-state index is -0.496. The second kappa shape index (κ2) is 11.6. The topological polar surface area (TPSA) is 59.7 Å². The first kappa shape index (κ1) is 34.2. The zero-order valence-corrected chi connectivity index (χ0v) is 29.7. The number of phenols is 1. The van der Waals surface area contributed by atoms with E-state index in [1.54, 1.807) is 35.7 Å². The summed E-state index contributed by atoms with van der Waals surface area (Å²) >= 11 is 3.60. The summed E-state index contributed by atoms with van der Waals surface area (Å²) < 4.78 is 11.2. The van der Waals surface area contributed by atoms with E-state index in [-0.39, 0.29) is 31.5 Å². The summed E-state index contributed by atoms with van der Waals surface area (Å²) in [6.07, 6.45) is 1.48. The second-order valence-electron chi connectivity index (χ2n) is 15.7. The summed E-state index contributed by atoms with van der Waals surface area (Å²) in [5.41, 5.74) is 2.96. The SMILES string of the molecule is CC(C)(Sc1cc(C(C)(C)C)c(O)c(C(C)(C)C)c1)Sc1cc(C(C)(C)C)c(OC(=O)c2ccco2)c(C(C)(C)C)c1. The van der Waals surface area contributed by atoms with Crippen molar-refractivity contribution < 1.29 is 19.1 Å². The fraction of sp³-hybridized carbons (Fsp3) is 0.528. The van der Waals surface area contributed by atoms with Crippen molar-refractivity contribution in [3.8, 4) is 11.5 Å². The molecule has 3 aromatic rings. The minimum Gasteiger partial charge on any atom is -0.507 e. The van der Waals surface area contributed by atoms with Crippen molar-refractivity contribution in [2.45, 2.75) is 132 Å². The molecule has 1 heterocycles. The average Bonchev–Trinajstić information content (AvgIpc) is 3.32. The van der Waals surface area contributed by atoms with Gasteiger partial charge in [-0.1, -0.05) is 83.1 Å². The van der Waals surface area contributed by atoms with E-state index in [0.717, 1.165) is 32.0 Å². The lowest BCUT2D eigenvalue weighted by atomic mass is 9.79. The standard InChI is InChI=1S/C36H50O4S2/c1-32(2,3)24-18-22(19-25(29(24)37)33(4,5)6)41-36(13,14)42-23-20-26(34(7,8)9)30(27(21-23)35(10,11)12)40-31(38)28-16-15-17-39-28/h15-21,37H,1-14H3. The van der Waals surface area contributed by atoms with E-state index in [9.17, 15) is 9.90 Å². The first-order valence-electron chi connectivity index (χ1n) is 14.6. The molecule has 2 aromatic carbocycles. The lowest BCUT2D eigenvalue weighted by molar-refractivity contribution is 0.0695. The summed E-state index contributed by atoms with van der Waals surface area (Å²) in [7, 11) is 0. The summed E-state index contributed by atoms with van der Waals surface area (Å²) in [6, 6.07) is 12.0. The van der Waals surface area contributed by atoms with E-state index in [2.05, 4.69) is 121 Å². The molecule has 0 fully saturated rings. The van der Waals surface area contributed by atoms with Crippen LogP contribution < -0.4 is 4.74 Å². The van der Waals surface area contributed by atoms with Gasteiger partial charge in [-0.2, -0.15) is 0 Å². The predicted molar refractivity (Wildman–Crippen MR) is 179 cm³/mol. The number of hydrogen-bond acceptors (Lipinski definition) is 6. The van der Waals surface area contributed by atoms with Crippen LogP contribution in [0.15, 0.2) is 56.9 Å². The molecule has 0 saturated carbocycles. The average molecular weight is 611 g/mol. The molecule has 6 heteroatoms. The quantitative estimate of drug-likeness (QED) is 0.130. The number of thioether (sulfide) groups is 2. The minimum absolute atomic E-state index is 0.184. The summed E-state index contributed by atoms with van der Waals surface area (Å²) in [5, 5.41) is 11.2. The Bertz CT molecular complexity index is 1350. The van der Waals surface area contributed by atoms with Gasteiger partial charge in [0.25, 0.3) is 0 Å². The maximum Gasteiger partial charge on any atom is 0.379 e. The number of rotatable bonds is 6.